The summed E-state index contributed by atoms with van der Waals surface area (Å²) >= 11 is 0. The highest BCUT2D eigenvalue weighted by molar-refractivity contribution is 5.97. The van der Waals surface area contributed by atoms with E-state index in [-0.39, 0.29) is 11.5 Å². The van der Waals surface area contributed by atoms with Crippen LogP contribution in [0.25, 0.3) is 0 Å². The molecule has 8 heteroatoms. The van der Waals surface area contributed by atoms with Gasteiger partial charge in [-0.2, -0.15) is 0 Å². The number of benzene rings is 1. The smallest absolute Gasteiger partial charge is 0.332 e. The Balaban J connectivity index is 2.66. The van der Waals surface area contributed by atoms with Crippen molar-refractivity contribution in [2.24, 2.45) is 19.1 Å². The molecule has 0 saturated heterocycles. The Morgan fingerprint density at radius 1 is 1.04 bits per heavy atom. The molecule has 2 aromatic rings. The number of para-hydroxylation sites is 1. The minimum Gasteiger partial charge on any atom is -0.383 e. The third-order valence-electron chi connectivity index (χ3n) is 3.74. The van der Waals surface area contributed by atoms with Crippen LogP contribution in [0.3, 0.4) is 0 Å². The zero-order valence-corrected chi connectivity index (χ0v) is 14.5. The first-order valence-corrected chi connectivity index (χ1v) is 7.36. The van der Waals surface area contributed by atoms with Crippen molar-refractivity contribution >= 4 is 23.2 Å². The highest BCUT2D eigenvalue weighted by atomic mass is 16.2. The maximum atomic E-state index is 12.4. The molecule has 128 valence electrons. The normalized spacial score (nSPS) is 11.5. The first-order chi connectivity index (χ1) is 11.3. The Morgan fingerprint density at radius 3 is 2.17 bits per heavy atom. The topological polar surface area (TPSA) is 88.9 Å². The van der Waals surface area contributed by atoms with E-state index in [2.05, 4.69) is 4.99 Å². The number of aliphatic imine (C=N–C) groups is 1. The van der Waals surface area contributed by atoms with Crippen LogP contribution < -0.4 is 21.9 Å². The van der Waals surface area contributed by atoms with Crippen molar-refractivity contribution in [3.05, 3.63) is 51.2 Å². The Hall–Kier alpha value is -3.03. The molecular formula is C16H22N6O2. The number of rotatable bonds is 2. The summed E-state index contributed by atoms with van der Waals surface area (Å²) < 4.78 is 2.20. The highest BCUT2D eigenvalue weighted by Crippen LogP contribution is 2.18. The summed E-state index contributed by atoms with van der Waals surface area (Å²) in [7, 11) is 8.39. The summed E-state index contributed by atoms with van der Waals surface area (Å²) in [4.78, 5) is 32.4. The van der Waals surface area contributed by atoms with Crippen LogP contribution in [0.2, 0.25) is 0 Å². The molecule has 0 bridgehead atoms. The van der Waals surface area contributed by atoms with Gasteiger partial charge in [-0.25, -0.2) is 9.79 Å². The number of guanidine groups is 1. The van der Waals surface area contributed by atoms with E-state index in [0.717, 1.165) is 10.3 Å². The molecule has 0 amide bonds. The van der Waals surface area contributed by atoms with Gasteiger partial charge >= 0.3 is 5.69 Å². The van der Waals surface area contributed by atoms with Crippen LogP contribution in [0.5, 0.6) is 0 Å². The standard InChI is InChI=1S/C16H22N6O2/c1-19(2)15(20(3)11-9-7-6-8-10-11)18-12-13(17)21(4)16(24)22(5)14(12)23/h6-10H,17H2,1-5H3. The van der Waals surface area contributed by atoms with Gasteiger partial charge in [0.05, 0.1) is 0 Å². The second kappa shape index (κ2) is 6.61. The van der Waals surface area contributed by atoms with Crippen LogP contribution in [0.15, 0.2) is 44.9 Å². The average molecular weight is 330 g/mol. The molecule has 0 unspecified atom stereocenters. The van der Waals surface area contributed by atoms with Gasteiger partial charge in [-0.05, 0) is 12.1 Å². The van der Waals surface area contributed by atoms with E-state index in [4.69, 9.17) is 5.73 Å². The van der Waals surface area contributed by atoms with E-state index in [9.17, 15) is 9.59 Å². The van der Waals surface area contributed by atoms with Gasteiger partial charge in [0.15, 0.2) is 5.69 Å². The van der Waals surface area contributed by atoms with E-state index in [1.165, 1.54) is 18.7 Å². The Kier molecular flexibility index (Phi) is 4.77. The summed E-state index contributed by atoms with van der Waals surface area (Å²) in [6, 6.07) is 9.62. The molecule has 0 fully saturated rings. The maximum Gasteiger partial charge on any atom is 0.332 e. The number of nitrogen functional groups attached to an aromatic ring is 1. The van der Waals surface area contributed by atoms with E-state index in [0.29, 0.717) is 5.96 Å². The van der Waals surface area contributed by atoms with Crippen molar-refractivity contribution in [3.8, 4) is 0 Å². The number of anilines is 2. The van der Waals surface area contributed by atoms with Crippen molar-refractivity contribution < 1.29 is 0 Å². The molecule has 24 heavy (non-hydrogen) atoms. The van der Waals surface area contributed by atoms with E-state index >= 15 is 0 Å². The molecule has 0 spiro atoms. The van der Waals surface area contributed by atoms with Crippen molar-refractivity contribution in [2.75, 3.05) is 31.8 Å². The number of nitrogens with two attached hydrogens (primary N) is 1. The molecule has 0 atom stereocenters. The maximum absolute atomic E-state index is 12.4. The molecule has 0 aliphatic carbocycles. The fraction of sp³-hybridized carbons (Fsp3) is 0.312. The number of hydrogen-bond acceptors (Lipinski definition) is 4. The van der Waals surface area contributed by atoms with Crippen LogP contribution in [-0.4, -0.2) is 41.1 Å². The fourth-order valence-corrected chi connectivity index (χ4v) is 2.29. The molecule has 2 N–H and O–H groups in total. The SMILES string of the molecule is CN(C)C(=Nc1c(N)n(C)c(=O)n(C)c1=O)N(C)c1ccccc1. The van der Waals surface area contributed by atoms with Gasteiger partial charge in [-0.3, -0.25) is 13.9 Å². The lowest BCUT2D eigenvalue weighted by molar-refractivity contribution is 0.607. The lowest BCUT2D eigenvalue weighted by atomic mass is 10.3. The van der Waals surface area contributed by atoms with Crippen LogP contribution in [-0.2, 0) is 14.1 Å². The molecule has 1 heterocycles. The first-order valence-electron chi connectivity index (χ1n) is 7.36. The minimum atomic E-state index is -0.531. The van der Waals surface area contributed by atoms with Gasteiger partial charge in [0, 0.05) is 40.9 Å². The Labute approximate surface area is 140 Å². The molecule has 2 rings (SSSR count). The largest absolute Gasteiger partial charge is 0.383 e. The quantitative estimate of drug-likeness (QED) is 0.634. The second-order valence-corrected chi connectivity index (χ2v) is 5.64. The molecule has 0 saturated carbocycles. The molecule has 0 radical (unpaired) electrons. The van der Waals surface area contributed by atoms with E-state index in [1.807, 2.05) is 56.4 Å². The Morgan fingerprint density at radius 2 is 1.62 bits per heavy atom. The lowest BCUT2D eigenvalue weighted by Crippen LogP contribution is -2.40. The zero-order chi connectivity index (χ0) is 18.0. The van der Waals surface area contributed by atoms with Gasteiger partial charge in [-0.1, -0.05) is 18.2 Å². The third-order valence-corrected chi connectivity index (χ3v) is 3.74. The Bertz CT molecular complexity index is 880. The average Bonchev–Trinajstić information content (AvgIpc) is 2.58. The zero-order valence-electron chi connectivity index (χ0n) is 14.5. The summed E-state index contributed by atoms with van der Waals surface area (Å²) in [5, 5.41) is 0. The van der Waals surface area contributed by atoms with Crippen molar-refractivity contribution in [1.82, 2.24) is 14.0 Å². The van der Waals surface area contributed by atoms with Gasteiger partial charge in [0.1, 0.15) is 5.82 Å². The summed E-state index contributed by atoms with van der Waals surface area (Å²) in [6.07, 6.45) is 0. The number of aromatic nitrogens is 2. The summed E-state index contributed by atoms with van der Waals surface area (Å²) in [5.41, 5.74) is 5.87. The highest BCUT2D eigenvalue weighted by Gasteiger charge is 2.17. The first kappa shape index (κ1) is 17.3. The van der Waals surface area contributed by atoms with Gasteiger partial charge < -0.3 is 15.5 Å². The summed E-state index contributed by atoms with van der Waals surface area (Å²) in [5.74, 6) is 0.549. The van der Waals surface area contributed by atoms with Crippen LogP contribution in [0.4, 0.5) is 17.2 Å². The molecule has 1 aromatic carbocycles. The van der Waals surface area contributed by atoms with Crippen molar-refractivity contribution in [2.45, 2.75) is 0 Å². The fourth-order valence-electron chi connectivity index (χ4n) is 2.29. The predicted octanol–water partition coefficient (Wildman–Crippen LogP) is 0.352. The van der Waals surface area contributed by atoms with Crippen molar-refractivity contribution in [3.63, 3.8) is 0 Å². The van der Waals surface area contributed by atoms with Crippen molar-refractivity contribution in [1.29, 1.82) is 0 Å². The lowest BCUT2D eigenvalue weighted by Gasteiger charge is -2.26. The molecule has 0 aliphatic rings. The second-order valence-electron chi connectivity index (χ2n) is 5.64. The van der Waals surface area contributed by atoms with Crippen LogP contribution in [0, 0.1) is 0 Å². The number of nitrogens with zero attached hydrogens (tertiary/aromatic N) is 5. The van der Waals surface area contributed by atoms with Gasteiger partial charge in [-0.15, -0.1) is 0 Å². The summed E-state index contributed by atoms with van der Waals surface area (Å²) in [6.45, 7) is 0. The third kappa shape index (κ3) is 3.03. The number of hydrogen-bond donors (Lipinski definition) is 1. The van der Waals surface area contributed by atoms with Crippen LogP contribution in [0.1, 0.15) is 0 Å². The molecule has 8 nitrogen and oxygen atoms in total. The van der Waals surface area contributed by atoms with Crippen LogP contribution >= 0.6 is 0 Å². The van der Waals surface area contributed by atoms with Gasteiger partial charge in [0.2, 0.25) is 5.96 Å². The minimum absolute atomic E-state index is 0.0314. The molecule has 1 aromatic heterocycles. The molecular weight excluding hydrogens is 308 g/mol. The monoisotopic (exact) mass is 330 g/mol. The van der Waals surface area contributed by atoms with E-state index in [1.54, 1.807) is 4.90 Å². The van der Waals surface area contributed by atoms with Gasteiger partial charge in [0.25, 0.3) is 5.56 Å². The predicted molar refractivity (Wildman–Crippen MR) is 97.0 cm³/mol. The van der Waals surface area contributed by atoms with E-state index < -0.39 is 11.2 Å². The molecule has 0 aliphatic heterocycles.